The van der Waals surface area contributed by atoms with Gasteiger partial charge in [-0.25, -0.2) is 4.68 Å². The minimum atomic E-state index is -0.602. The van der Waals surface area contributed by atoms with Crippen molar-refractivity contribution in [1.29, 1.82) is 0 Å². The Morgan fingerprint density at radius 3 is 2.50 bits per heavy atom. The molecule has 0 spiro atoms. The highest BCUT2D eigenvalue weighted by Gasteiger charge is 2.21. The summed E-state index contributed by atoms with van der Waals surface area (Å²) in [6, 6.07) is -0.602. The molecule has 0 saturated heterocycles. The molecule has 3 N–H and O–H groups in total. The van der Waals surface area contributed by atoms with Crippen LogP contribution >= 0.6 is 11.6 Å². The Kier molecular flexibility index (Phi) is 5.56. The van der Waals surface area contributed by atoms with Crippen LogP contribution in [0, 0.1) is 11.8 Å². The first-order valence-corrected chi connectivity index (χ1v) is 6.93. The first kappa shape index (κ1) is 16.5. The van der Waals surface area contributed by atoms with Crippen molar-refractivity contribution in [3.8, 4) is 0 Å². The molecule has 1 rings (SSSR count). The third kappa shape index (κ3) is 3.96. The van der Waals surface area contributed by atoms with E-state index in [1.165, 1.54) is 10.9 Å². The van der Waals surface area contributed by atoms with Gasteiger partial charge in [0.05, 0.1) is 11.9 Å². The molecule has 0 aliphatic carbocycles. The van der Waals surface area contributed by atoms with Gasteiger partial charge in [0.2, 0.25) is 5.91 Å². The van der Waals surface area contributed by atoms with Gasteiger partial charge in [0.25, 0.3) is 5.56 Å². The highest BCUT2D eigenvalue weighted by atomic mass is 35.5. The quantitative estimate of drug-likeness (QED) is 0.832. The van der Waals surface area contributed by atoms with Crippen LogP contribution in [0.15, 0.2) is 11.0 Å². The van der Waals surface area contributed by atoms with Gasteiger partial charge in [0, 0.05) is 6.54 Å². The summed E-state index contributed by atoms with van der Waals surface area (Å²) in [4.78, 5) is 23.4. The molecule has 0 aliphatic heterocycles. The van der Waals surface area contributed by atoms with Crippen molar-refractivity contribution >= 4 is 23.2 Å². The molecular formula is C13H21ClN4O2. The standard InChI is InChI=1S/C13H21ClN4O2/c1-7(2)6-18-13(20)10(14)9(5-16-18)17-11(8(3)4)12(15)19/h5,7-8,11,17H,6H2,1-4H3,(H2,15,19). The van der Waals surface area contributed by atoms with Gasteiger partial charge in [0.15, 0.2) is 0 Å². The maximum atomic E-state index is 12.1. The molecule has 1 atom stereocenters. The topological polar surface area (TPSA) is 90.0 Å². The van der Waals surface area contributed by atoms with Crippen LogP contribution in [0.5, 0.6) is 0 Å². The van der Waals surface area contributed by atoms with Crippen molar-refractivity contribution in [2.45, 2.75) is 40.3 Å². The number of nitrogens with one attached hydrogen (secondary N) is 1. The van der Waals surface area contributed by atoms with E-state index in [4.69, 9.17) is 17.3 Å². The SMILES string of the molecule is CC(C)Cn1ncc(NC(C(N)=O)C(C)C)c(Cl)c1=O. The highest BCUT2D eigenvalue weighted by Crippen LogP contribution is 2.18. The van der Waals surface area contributed by atoms with E-state index in [2.05, 4.69) is 10.4 Å². The Morgan fingerprint density at radius 1 is 1.45 bits per heavy atom. The van der Waals surface area contributed by atoms with E-state index in [-0.39, 0.29) is 22.4 Å². The summed E-state index contributed by atoms with van der Waals surface area (Å²) in [6.07, 6.45) is 1.45. The smallest absolute Gasteiger partial charge is 0.287 e. The van der Waals surface area contributed by atoms with E-state index < -0.39 is 11.9 Å². The lowest BCUT2D eigenvalue weighted by Crippen LogP contribution is -2.40. The Labute approximate surface area is 123 Å². The van der Waals surface area contributed by atoms with Gasteiger partial charge in [-0.2, -0.15) is 5.10 Å². The molecule has 6 nitrogen and oxygen atoms in total. The fourth-order valence-corrected chi connectivity index (χ4v) is 1.98. The van der Waals surface area contributed by atoms with Gasteiger partial charge in [-0.05, 0) is 11.8 Å². The fourth-order valence-electron chi connectivity index (χ4n) is 1.78. The minimum absolute atomic E-state index is 0.0209. The van der Waals surface area contributed by atoms with Gasteiger partial charge in [-0.1, -0.05) is 39.3 Å². The van der Waals surface area contributed by atoms with Crippen LogP contribution in [0.3, 0.4) is 0 Å². The van der Waals surface area contributed by atoms with Gasteiger partial charge in [-0.3, -0.25) is 9.59 Å². The van der Waals surface area contributed by atoms with Gasteiger partial charge in [-0.15, -0.1) is 0 Å². The number of carbonyl (C=O) groups is 1. The maximum Gasteiger partial charge on any atom is 0.287 e. The Hall–Kier alpha value is -1.56. The largest absolute Gasteiger partial charge is 0.371 e. The predicted molar refractivity (Wildman–Crippen MR) is 79.8 cm³/mol. The molecule has 1 heterocycles. The molecule has 1 aromatic heterocycles. The van der Waals surface area contributed by atoms with Crippen LogP contribution in [0.4, 0.5) is 5.69 Å². The van der Waals surface area contributed by atoms with Crippen molar-refractivity contribution in [2.24, 2.45) is 17.6 Å². The average molecular weight is 301 g/mol. The summed E-state index contributed by atoms with van der Waals surface area (Å²) >= 11 is 6.05. The number of amides is 1. The maximum absolute atomic E-state index is 12.1. The number of halogens is 1. The molecule has 0 aromatic carbocycles. The zero-order valence-corrected chi connectivity index (χ0v) is 12.9. The molecule has 0 bridgehead atoms. The molecule has 1 amide bonds. The molecule has 0 aliphatic rings. The van der Waals surface area contributed by atoms with Gasteiger partial charge >= 0.3 is 0 Å². The monoisotopic (exact) mass is 300 g/mol. The van der Waals surface area contributed by atoms with Crippen LogP contribution in [0.1, 0.15) is 27.7 Å². The van der Waals surface area contributed by atoms with Crippen LogP contribution in [0.2, 0.25) is 5.02 Å². The van der Waals surface area contributed by atoms with Crippen LogP contribution in [-0.4, -0.2) is 21.7 Å². The second-order valence-electron chi connectivity index (χ2n) is 5.52. The van der Waals surface area contributed by atoms with Crippen LogP contribution < -0.4 is 16.6 Å². The highest BCUT2D eigenvalue weighted by molar-refractivity contribution is 6.33. The summed E-state index contributed by atoms with van der Waals surface area (Å²) in [5.74, 6) is -0.242. The van der Waals surface area contributed by atoms with E-state index >= 15 is 0 Å². The molecular weight excluding hydrogens is 280 g/mol. The lowest BCUT2D eigenvalue weighted by atomic mass is 10.0. The van der Waals surface area contributed by atoms with Crippen LogP contribution in [-0.2, 0) is 11.3 Å². The fraction of sp³-hybridized carbons (Fsp3) is 0.615. The number of carbonyl (C=O) groups excluding carboxylic acids is 1. The Bertz CT molecular complexity index is 540. The summed E-state index contributed by atoms with van der Waals surface area (Å²) in [6.45, 7) is 8.15. The van der Waals surface area contributed by atoms with Gasteiger partial charge < -0.3 is 11.1 Å². The Balaban J connectivity index is 3.07. The summed E-state index contributed by atoms with van der Waals surface area (Å²) in [5, 5.41) is 6.96. The van der Waals surface area contributed by atoms with E-state index in [0.29, 0.717) is 12.2 Å². The van der Waals surface area contributed by atoms with Crippen LogP contribution in [0.25, 0.3) is 0 Å². The third-order valence-corrected chi connectivity index (χ3v) is 3.17. The van der Waals surface area contributed by atoms with Crippen molar-refractivity contribution in [2.75, 3.05) is 5.32 Å². The normalized spacial score (nSPS) is 12.8. The molecule has 112 valence electrons. The number of nitrogens with zero attached hydrogens (tertiary/aromatic N) is 2. The third-order valence-electron chi connectivity index (χ3n) is 2.81. The molecule has 0 fully saturated rings. The number of hydrogen-bond acceptors (Lipinski definition) is 4. The molecule has 0 saturated carbocycles. The number of nitrogens with two attached hydrogens (primary N) is 1. The predicted octanol–water partition coefficient (Wildman–Crippen LogP) is 1.47. The van der Waals surface area contributed by atoms with Crippen molar-refractivity contribution in [3.05, 3.63) is 21.6 Å². The summed E-state index contributed by atoms with van der Waals surface area (Å²) < 4.78 is 1.31. The molecule has 1 unspecified atom stereocenters. The zero-order chi connectivity index (χ0) is 15.4. The number of hydrogen-bond donors (Lipinski definition) is 2. The first-order chi connectivity index (χ1) is 9.23. The average Bonchev–Trinajstić information content (AvgIpc) is 2.32. The summed E-state index contributed by atoms with van der Waals surface area (Å²) in [5.41, 5.74) is 5.27. The molecule has 20 heavy (non-hydrogen) atoms. The molecule has 7 heteroatoms. The number of primary amides is 1. The van der Waals surface area contributed by atoms with Crippen molar-refractivity contribution < 1.29 is 4.79 Å². The summed E-state index contributed by atoms with van der Waals surface area (Å²) in [7, 11) is 0. The van der Waals surface area contributed by atoms with Gasteiger partial charge in [0.1, 0.15) is 11.1 Å². The number of anilines is 1. The number of rotatable bonds is 6. The van der Waals surface area contributed by atoms with E-state index in [0.717, 1.165) is 0 Å². The Morgan fingerprint density at radius 2 is 2.05 bits per heavy atom. The van der Waals surface area contributed by atoms with Crippen molar-refractivity contribution in [3.63, 3.8) is 0 Å². The zero-order valence-electron chi connectivity index (χ0n) is 12.2. The van der Waals surface area contributed by atoms with E-state index in [1.807, 2.05) is 27.7 Å². The number of aromatic nitrogens is 2. The molecule has 0 radical (unpaired) electrons. The lowest BCUT2D eigenvalue weighted by Gasteiger charge is -2.20. The first-order valence-electron chi connectivity index (χ1n) is 6.55. The lowest BCUT2D eigenvalue weighted by molar-refractivity contribution is -0.119. The second kappa shape index (κ2) is 6.74. The minimum Gasteiger partial charge on any atom is -0.371 e. The van der Waals surface area contributed by atoms with E-state index in [1.54, 1.807) is 0 Å². The van der Waals surface area contributed by atoms with Crippen molar-refractivity contribution in [1.82, 2.24) is 9.78 Å². The van der Waals surface area contributed by atoms with E-state index in [9.17, 15) is 9.59 Å². The second-order valence-corrected chi connectivity index (χ2v) is 5.90. The molecule has 1 aromatic rings.